The van der Waals surface area contributed by atoms with Crippen molar-refractivity contribution in [2.75, 3.05) is 18.9 Å². The third kappa shape index (κ3) is 2.67. The fraction of sp³-hybridized carbons (Fsp3) is 0.533. The molecule has 1 aromatic rings. The van der Waals surface area contributed by atoms with E-state index in [1.807, 2.05) is 24.0 Å². The Kier molecular flexibility index (Phi) is 4.30. The molecule has 0 radical (unpaired) electrons. The number of hydrogen-bond acceptors (Lipinski definition) is 3. The van der Waals surface area contributed by atoms with Gasteiger partial charge in [0.05, 0.1) is 6.61 Å². The van der Waals surface area contributed by atoms with Crippen LogP contribution in [0.25, 0.3) is 0 Å². The van der Waals surface area contributed by atoms with E-state index in [1.165, 1.54) is 0 Å². The van der Waals surface area contributed by atoms with Crippen LogP contribution in [0, 0.1) is 0 Å². The molecule has 2 rings (SSSR count). The molecule has 0 bridgehead atoms. The quantitative estimate of drug-likeness (QED) is 0.849. The van der Waals surface area contributed by atoms with Crippen LogP contribution < -0.4 is 10.5 Å². The highest BCUT2D eigenvalue weighted by atomic mass is 16.5. The molecule has 1 aromatic carbocycles. The summed E-state index contributed by atoms with van der Waals surface area (Å²) in [5.74, 6) is 0.597. The Morgan fingerprint density at radius 2 is 2.26 bits per heavy atom. The minimum atomic E-state index is 0.00546. The molecule has 1 aliphatic heterocycles. The van der Waals surface area contributed by atoms with Crippen LogP contribution in [0.3, 0.4) is 0 Å². The van der Waals surface area contributed by atoms with Gasteiger partial charge in [0.1, 0.15) is 11.3 Å². The third-order valence-electron chi connectivity index (χ3n) is 3.68. The summed E-state index contributed by atoms with van der Waals surface area (Å²) in [7, 11) is 0. The Labute approximate surface area is 114 Å². The van der Waals surface area contributed by atoms with Gasteiger partial charge in [-0.1, -0.05) is 13.0 Å². The first kappa shape index (κ1) is 13.7. The van der Waals surface area contributed by atoms with Gasteiger partial charge >= 0.3 is 0 Å². The van der Waals surface area contributed by atoms with E-state index in [0.717, 1.165) is 25.8 Å². The van der Waals surface area contributed by atoms with E-state index in [-0.39, 0.29) is 5.91 Å². The topological polar surface area (TPSA) is 55.6 Å². The predicted molar refractivity (Wildman–Crippen MR) is 76.4 cm³/mol. The monoisotopic (exact) mass is 262 g/mol. The van der Waals surface area contributed by atoms with Gasteiger partial charge in [-0.15, -0.1) is 0 Å². The van der Waals surface area contributed by atoms with Gasteiger partial charge in [0, 0.05) is 18.3 Å². The zero-order valence-electron chi connectivity index (χ0n) is 11.7. The van der Waals surface area contributed by atoms with E-state index in [4.69, 9.17) is 10.5 Å². The van der Waals surface area contributed by atoms with Gasteiger partial charge in [0.25, 0.3) is 5.91 Å². The van der Waals surface area contributed by atoms with E-state index in [9.17, 15) is 4.79 Å². The number of rotatable bonds is 4. The lowest BCUT2D eigenvalue weighted by molar-refractivity contribution is 0.0730. The third-order valence-corrected chi connectivity index (χ3v) is 3.68. The van der Waals surface area contributed by atoms with E-state index < -0.39 is 0 Å². The lowest BCUT2D eigenvalue weighted by atomic mass is 10.1. The fourth-order valence-electron chi connectivity index (χ4n) is 2.72. The molecule has 0 saturated carbocycles. The Morgan fingerprint density at radius 3 is 2.95 bits per heavy atom. The second kappa shape index (κ2) is 5.95. The van der Waals surface area contributed by atoms with Gasteiger partial charge in [0.15, 0.2) is 0 Å². The number of nitrogens with two attached hydrogens (primary N) is 1. The number of likely N-dealkylation sites (tertiary alicyclic amines) is 1. The van der Waals surface area contributed by atoms with Gasteiger partial charge in [-0.2, -0.15) is 0 Å². The number of carbonyl (C=O) groups excluding carboxylic acids is 1. The molecule has 0 spiro atoms. The number of carbonyl (C=O) groups is 1. The lowest BCUT2D eigenvalue weighted by Gasteiger charge is -2.25. The fourth-order valence-corrected chi connectivity index (χ4v) is 2.72. The van der Waals surface area contributed by atoms with Crippen LogP contribution in [-0.2, 0) is 0 Å². The average Bonchev–Trinajstić information content (AvgIpc) is 2.87. The maximum absolute atomic E-state index is 12.7. The molecule has 1 heterocycles. The molecule has 1 unspecified atom stereocenters. The summed E-state index contributed by atoms with van der Waals surface area (Å²) in [6.07, 6.45) is 3.14. The Morgan fingerprint density at radius 1 is 1.47 bits per heavy atom. The smallest absolute Gasteiger partial charge is 0.259 e. The normalized spacial score (nSPS) is 18.6. The maximum atomic E-state index is 12.7. The van der Waals surface area contributed by atoms with Crippen molar-refractivity contribution < 1.29 is 9.53 Å². The molecule has 1 atom stereocenters. The molecule has 4 nitrogen and oxygen atoms in total. The summed E-state index contributed by atoms with van der Waals surface area (Å²) in [5.41, 5.74) is 7.00. The van der Waals surface area contributed by atoms with Crippen molar-refractivity contribution >= 4 is 11.6 Å². The van der Waals surface area contributed by atoms with Crippen molar-refractivity contribution in [2.24, 2.45) is 0 Å². The molecule has 19 heavy (non-hydrogen) atoms. The number of hydrogen-bond donors (Lipinski definition) is 1. The van der Waals surface area contributed by atoms with Crippen molar-refractivity contribution in [3.05, 3.63) is 23.8 Å². The number of nitrogens with zero attached hydrogens (tertiary/aromatic N) is 1. The maximum Gasteiger partial charge on any atom is 0.259 e. The molecule has 104 valence electrons. The van der Waals surface area contributed by atoms with Crippen LogP contribution in [0.15, 0.2) is 18.2 Å². The van der Waals surface area contributed by atoms with Gasteiger partial charge < -0.3 is 15.4 Å². The second-order valence-electron chi connectivity index (χ2n) is 4.86. The number of nitrogen functional groups attached to an aromatic ring is 1. The minimum absolute atomic E-state index is 0.00546. The molecule has 0 aliphatic carbocycles. The van der Waals surface area contributed by atoms with Crippen LogP contribution >= 0.6 is 0 Å². The Hall–Kier alpha value is -1.71. The van der Waals surface area contributed by atoms with Crippen LogP contribution in [0.4, 0.5) is 5.69 Å². The summed E-state index contributed by atoms with van der Waals surface area (Å²) < 4.78 is 5.54. The molecule has 4 heteroatoms. The van der Waals surface area contributed by atoms with Crippen molar-refractivity contribution in [1.29, 1.82) is 0 Å². The first-order valence-corrected chi connectivity index (χ1v) is 7.01. The number of ether oxygens (including phenoxy) is 1. The van der Waals surface area contributed by atoms with Gasteiger partial charge in [-0.05, 0) is 38.3 Å². The minimum Gasteiger partial charge on any atom is -0.493 e. The first-order chi connectivity index (χ1) is 9.19. The number of anilines is 1. The number of benzene rings is 1. The Bertz CT molecular complexity index is 459. The SMILES string of the molecule is CCOc1cccc(N)c1C(=O)N1CCCC1CC. The molecule has 1 amide bonds. The average molecular weight is 262 g/mol. The zero-order chi connectivity index (χ0) is 13.8. The standard InChI is InChI=1S/C15H22N2O2/c1-3-11-7-6-10-17(11)15(18)14-12(16)8-5-9-13(14)19-4-2/h5,8-9,11H,3-4,6-7,10,16H2,1-2H3. The van der Waals surface area contributed by atoms with Gasteiger partial charge in [-0.25, -0.2) is 0 Å². The van der Waals surface area contributed by atoms with Gasteiger partial charge in [0.2, 0.25) is 0 Å². The largest absolute Gasteiger partial charge is 0.493 e. The highest BCUT2D eigenvalue weighted by Gasteiger charge is 2.30. The molecule has 2 N–H and O–H groups in total. The summed E-state index contributed by atoms with van der Waals surface area (Å²) in [6, 6.07) is 5.72. The van der Waals surface area contributed by atoms with Crippen LogP contribution in [0.2, 0.25) is 0 Å². The van der Waals surface area contributed by atoms with Crippen LogP contribution in [0.1, 0.15) is 43.5 Å². The van der Waals surface area contributed by atoms with E-state index in [0.29, 0.717) is 29.6 Å². The van der Waals surface area contributed by atoms with E-state index in [2.05, 4.69) is 6.92 Å². The van der Waals surface area contributed by atoms with Crippen molar-refractivity contribution in [2.45, 2.75) is 39.2 Å². The second-order valence-corrected chi connectivity index (χ2v) is 4.86. The molecule has 1 aliphatic rings. The van der Waals surface area contributed by atoms with Crippen molar-refractivity contribution in [1.82, 2.24) is 4.90 Å². The molecule has 1 saturated heterocycles. The summed E-state index contributed by atoms with van der Waals surface area (Å²) in [4.78, 5) is 14.6. The highest BCUT2D eigenvalue weighted by Crippen LogP contribution is 2.30. The molecule has 1 fully saturated rings. The predicted octanol–water partition coefficient (Wildman–Crippen LogP) is 2.68. The highest BCUT2D eigenvalue weighted by molar-refractivity contribution is 6.02. The summed E-state index contributed by atoms with van der Waals surface area (Å²) in [6.45, 7) is 5.37. The lowest BCUT2D eigenvalue weighted by Crippen LogP contribution is -2.35. The van der Waals surface area contributed by atoms with Crippen LogP contribution in [0.5, 0.6) is 5.75 Å². The van der Waals surface area contributed by atoms with Crippen molar-refractivity contribution in [3.63, 3.8) is 0 Å². The van der Waals surface area contributed by atoms with Gasteiger partial charge in [-0.3, -0.25) is 4.79 Å². The molecule has 0 aromatic heterocycles. The summed E-state index contributed by atoms with van der Waals surface area (Å²) in [5, 5.41) is 0. The Balaban J connectivity index is 2.32. The van der Waals surface area contributed by atoms with Crippen molar-refractivity contribution in [3.8, 4) is 5.75 Å². The zero-order valence-corrected chi connectivity index (χ0v) is 11.7. The molecular weight excluding hydrogens is 240 g/mol. The molecular formula is C15H22N2O2. The van der Waals surface area contributed by atoms with E-state index >= 15 is 0 Å². The van der Waals surface area contributed by atoms with Crippen LogP contribution in [-0.4, -0.2) is 30.0 Å². The first-order valence-electron chi connectivity index (χ1n) is 7.01. The number of amides is 1. The van der Waals surface area contributed by atoms with E-state index in [1.54, 1.807) is 6.07 Å². The summed E-state index contributed by atoms with van der Waals surface area (Å²) >= 11 is 0.